The molecule has 0 aromatic carbocycles. The summed E-state index contributed by atoms with van der Waals surface area (Å²) in [6.45, 7) is 14.9. The molecule has 0 aromatic heterocycles. The van der Waals surface area contributed by atoms with Gasteiger partial charge in [0.2, 0.25) is 0 Å². The molecule has 0 heterocycles. The lowest BCUT2D eigenvalue weighted by Crippen LogP contribution is -2.45. The molecule has 1 spiro atoms. The van der Waals surface area contributed by atoms with Gasteiger partial charge in [-0.05, 0) is 75.5 Å². The van der Waals surface area contributed by atoms with Crippen LogP contribution in [0.3, 0.4) is 0 Å². The smallest absolute Gasteiger partial charge is 0.00342 e. The molecular formula is C21H34. The zero-order chi connectivity index (χ0) is 15.4. The second-order valence-corrected chi connectivity index (χ2v) is 9.10. The maximum atomic E-state index is 2.71. The zero-order valence-corrected chi connectivity index (χ0v) is 15.1. The Morgan fingerprint density at radius 1 is 1.05 bits per heavy atom. The predicted molar refractivity (Wildman–Crippen MR) is 92.2 cm³/mol. The Labute approximate surface area is 132 Å². The monoisotopic (exact) mass is 286 g/mol. The van der Waals surface area contributed by atoms with Crippen LogP contribution in [0.15, 0.2) is 22.8 Å². The lowest BCUT2D eigenvalue weighted by molar-refractivity contribution is 0.0296. The third kappa shape index (κ3) is 2.08. The van der Waals surface area contributed by atoms with E-state index in [-0.39, 0.29) is 0 Å². The highest BCUT2D eigenvalue weighted by atomic mass is 14.6. The Kier molecular flexibility index (Phi) is 3.66. The van der Waals surface area contributed by atoms with E-state index in [1.165, 1.54) is 38.5 Å². The van der Waals surface area contributed by atoms with Crippen molar-refractivity contribution in [1.82, 2.24) is 0 Å². The maximum Gasteiger partial charge on any atom is 0.00342 e. The second-order valence-electron chi connectivity index (χ2n) is 9.10. The van der Waals surface area contributed by atoms with Crippen LogP contribution in [0.4, 0.5) is 0 Å². The number of hydrogen-bond acceptors (Lipinski definition) is 0. The lowest BCUT2D eigenvalue weighted by atomic mass is 9.51. The molecule has 0 aromatic rings. The van der Waals surface area contributed by atoms with E-state index >= 15 is 0 Å². The summed E-state index contributed by atoms with van der Waals surface area (Å²) in [7, 11) is 0. The molecule has 0 bridgehead atoms. The molecule has 21 heavy (non-hydrogen) atoms. The van der Waals surface area contributed by atoms with Gasteiger partial charge in [-0.2, -0.15) is 0 Å². The van der Waals surface area contributed by atoms with Gasteiger partial charge < -0.3 is 0 Å². The van der Waals surface area contributed by atoms with Gasteiger partial charge in [0.1, 0.15) is 0 Å². The van der Waals surface area contributed by atoms with E-state index in [9.17, 15) is 0 Å². The number of hydrogen-bond donors (Lipinski definition) is 0. The van der Waals surface area contributed by atoms with E-state index < -0.39 is 0 Å². The fourth-order valence-electron chi connectivity index (χ4n) is 6.07. The van der Waals surface area contributed by atoms with Crippen molar-refractivity contribution in [3.8, 4) is 0 Å². The van der Waals surface area contributed by atoms with Crippen molar-refractivity contribution >= 4 is 0 Å². The fraction of sp³-hybridized carbons (Fsp3) is 0.810. The molecule has 0 amide bonds. The van der Waals surface area contributed by atoms with E-state index in [2.05, 4.69) is 47.6 Å². The largest absolute Gasteiger partial charge is 0.0813 e. The van der Waals surface area contributed by atoms with Crippen LogP contribution in [-0.2, 0) is 0 Å². The molecule has 3 aliphatic carbocycles. The zero-order valence-electron chi connectivity index (χ0n) is 15.1. The number of rotatable bonds is 1. The predicted octanol–water partition coefficient (Wildman–Crippen LogP) is 6.53. The number of allylic oxidation sites excluding steroid dienone is 4. The molecule has 0 heteroatoms. The van der Waals surface area contributed by atoms with Gasteiger partial charge >= 0.3 is 0 Å². The van der Waals surface area contributed by atoms with Gasteiger partial charge in [0.15, 0.2) is 0 Å². The molecule has 0 N–H and O–H groups in total. The van der Waals surface area contributed by atoms with Crippen LogP contribution in [0.1, 0.15) is 80.1 Å². The van der Waals surface area contributed by atoms with Crippen molar-refractivity contribution in [2.75, 3.05) is 0 Å². The Morgan fingerprint density at radius 2 is 1.76 bits per heavy atom. The molecule has 3 rings (SSSR count). The molecule has 0 nitrogen and oxygen atoms in total. The van der Waals surface area contributed by atoms with Crippen molar-refractivity contribution in [3.63, 3.8) is 0 Å². The first-order chi connectivity index (χ1) is 9.79. The summed E-state index contributed by atoms with van der Waals surface area (Å²) in [6.07, 6.45) is 10.9. The van der Waals surface area contributed by atoms with Crippen molar-refractivity contribution in [2.45, 2.75) is 80.1 Å². The summed E-state index contributed by atoms with van der Waals surface area (Å²) in [4.78, 5) is 0. The van der Waals surface area contributed by atoms with Gasteiger partial charge in [-0.1, -0.05) is 50.5 Å². The third-order valence-corrected chi connectivity index (χ3v) is 7.38. The highest BCUT2D eigenvalue weighted by Crippen LogP contribution is 2.68. The van der Waals surface area contributed by atoms with Crippen LogP contribution in [-0.4, -0.2) is 0 Å². The molecule has 0 unspecified atom stereocenters. The molecule has 0 aliphatic heterocycles. The molecular weight excluding hydrogens is 252 g/mol. The van der Waals surface area contributed by atoms with Gasteiger partial charge in [-0.15, -0.1) is 0 Å². The standard InChI is InChI=1S/C21H34/c1-14(2)17-8-7-16(4)18-10-11-20(5,6)21(18)12-9-15(3)13-19(17)21/h13-14,17,19H,7-12H2,1-6H3/t17-,19+,21+/m1/s1. The van der Waals surface area contributed by atoms with Gasteiger partial charge in [0, 0.05) is 5.41 Å². The average molecular weight is 287 g/mol. The van der Waals surface area contributed by atoms with Crippen LogP contribution < -0.4 is 0 Å². The Morgan fingerprint density at radius 3 is 2.43 bits per heavy atom. The molecule has 3 atom stereocenters. The van der Waals surface area contributed by atoms with E-state index in [1.807, 2.05) is 5.57 Å². The lowest BCUT2D eigenvalue weighted by Gasteiger charge is -2.53. The van der Waals surface area contributed by atoms with E-state index in [0.29, 0.717) is 10.8 Å². The van der Waals surface area contributed by atoms with Crippen molar-refractivity contribution in [2.24, 2.45) is 28.6 Å². The van der Waals surface area contributed by atoms with Crippen molar-refractivity contribution < 1.29 is 0 Å². The minimum absolute atomic E-state index is 0.474. The van der Waals surface area contributed by atoms with E-state index in [0.717, 1.165) is 17.8 Å². The first kappa shape index (κ1) is 15.4. The molecule has 0 radical (unpaired) electrons. The topological polar surface area (TPSA) is 0 Å². The Hall–Kier alpha value is -0.520. The van der Waals surface area contributed by atoms with Crippen LogP contribution in [0, 0.1) is 28.6 Å². The summed E-state index contributed by atoms with van der Waals surface area (Å²) in [6, 6.07) is 0. The Bertz CT molecular complexity index is 488. The fourth-order valence-corrected chi connectivity index (χ4v) is 6.07. The first-order valence-electron chi connectivity index (χ1n) is 9.16. The highest BCUT2D eigenvalue weighted by molar-refractivity contribution is 5.36. The molecule has 118 valence electrons. The second kappa shape index (κ2) is 5.00. The highest BCUT2D eigenvalue weighted by Gasteiger charge is 2.59. The summed E-state index contributed by atoms with van der Waals surface area (Å²) >= 11 is 0. The quantitative estimate of drug-likeness (QED) is 0.481. The molecule has 0 saturated heterocycles. The van der Waals surface area contributed by atoms with Crippen LogP contribution >= 0.6 is 0 Å². The third-order valence-electron chi connectivity index (χ3n) is 7.38. The average Bonchev–Trinajstić information content (AvgIpc) is 2.57. The minimum atomic E-state index is 0.474. The summed E-state index contributed by atoms with van der Waals surface area (Å²) in [5, 5.41) is 0. The summed E-state index contributed by atoms with van der Waals surface area (Å²) in [5.41, 5.74) is 6.23. The van der Waals surface area contributed by atoms with E-state index in [4.69, 9.17) is 0 Å². The molecule has 3 aliphatic rings. The first-order valence-corrected chi connectivity index (χ1v) is 9.16. The van der Waals surface area contributed by atoms with Crippen molar-refractivity contribution in [3.05, 3.63) is 22.8 Å². The molecule has 1 fully saturated rings. The van der Waals surface area contributed by atoms with Crippen LogP contribution in [0.25, 0.3) is 0 Å². The van der Waals surface area contributed by atoms with Gasteiger partial charge in [0.25, 0.3) is 0 Å². The van der Waals surface area contributed by atoms with Gasteiger partial charge in [-0.3, -0.25) is 0 Å². The summed E-state index contributed by atoms with van der Waals surface area (Å²) < 4.78 is 0. The van der Waals surface area contributed by atoms with Gasteiger partial charge in [0.05, 0.1) is 0 Å². The normalized spacial score (nSPS) is 38.9. The van der Waals surface area contributed by atoms with Crippen molar-refractivity contribution in [1.29, 1.82) is 0 Å². The molecule has 1 saturated carbocycles. The Balaban J connectivity index is 2.21. The van der Waals surface area contributed by atoms with E-state index in [1.54, 1.807) is 11.1 Å². The van der Waals surface area contributed by atoms with Gasteiger partial charge in [-0.25, -0.2) is 0 Å². The van der Waals surface area contributed by atoms with Crippen LogP contribution in [0.2, 0.25) is 0 Å². The SMILES string of the molecule is CC1=C[C@H]2[C@@H](C(C)C)CCC(C)=C3CCC(C)(C)[C@@]32CC1. The van der Waals surface area contributed by atoms with Crippen LogP contribution in [0.5, 0.6) is 0 Å². The summed E-state index contributed by atoms with van der Waals surface area (Å²) in [5.74, 6) is 2.46. The maximum absolute atomic E-state index is 2.71. The minimum Gasteiger partial charge on any atom is -0.0813 e.